The highest BCUT2D eigenvalue weighted by atomic mass is 19.5. The minimum atomic E-state index is -6.00. The molecule has 0 aromatic carbocycles. The lowest BCUT2D eigenvalue weighted by molar-refractivity contribution is -0.674. The predicted octanol–water partition coefficient (Wildman–Crippen LogP) is 3.37. The van der Waals surface area contributed by atoms with Crippen molar-refractivity contribution in [1.29, 1.82) is 10.5 Å². The zero-order valence-electron chi connectivity index (χ0n) is 14.6. The highest BCUT2D eigenvalue weighted by Crippen LogP contribution is 2.07. The Morgan fingerprint density at radius 3 is 1.04 bits per heavy atom. The molecule has 0 aliphatic rings. The Balaban J connectivity index is 0. The van der Waals surface area contributed by atoms with Crippen LogP contribution in [0, 0.1) is 22.7 Å². The number of rotatable bonds is 0. The molecule has 2 aromatic rings. The topological polar surface area (TPSA) is 55.3 Å². The molecule has 0 aliphatic carbocycles. The Morgan fingerprint density at radius 1 is 0.643 bits per heavy atom. The minimum Gasteiger partial charge on any atom is -0.418 e. The van der Waals surface area contributed by atoms with Crippen LogP contribution in [0.2, 0.25) is 0 Å². The normalized spacial score (nSPS) is 9.71. The quantitative estimate of drug-likeness (QED) is 0.379. The molecule has 0 N–H and O–H groups in total. The van der Waals surface area contributed by atoms with Crippen LogP contribution < -0.4 is 9.13 Å². The number of hydrogen-bond acceptors (Lipinski definition) is 2. The average Bonchev–Trinajstić information content (AvgIpc) is 2.53. The van der Waals surface area contributed by atoms with E-state index < -0.39 is 14.5 Å². The molecule has 2 aromatic heterocycles. The Labute approximate surface area is 156 Å². The van der Waals surface area contributed by atoms with Crippen LogP contribution in [0.15, 0.2) is 48.8 Å². The number of nitrogens with zero attached hydrogens (tertiary/aromatic N) is 4. The molecule has 0 atom stereocenters. The number of pyridine rings is 2. The van der Waals surface area contributed by atoms with Crippen LogP contribution in [0.5, 0.6) is 0 Å². The standard InChI is InChI=1S/2C7H7N2.2BF4/c2*1-9-5-3-2-4-7(9)6-8;2*2-1(3,4)5/h2*2-5H,1H3;;/q2*+1;2*-1. The van der Waals surface area contributed by atoms with Gasteiger partial charge < -0.3 is 34.5 Å². The van der Waals surface area contributed by atoms with Gasteiger partial charge in [0.25, 0.3) is 11.4 Å². The third kappa shape index (κ3) is 20.9. The van der Waals surface area contributed by atoms with Gasteiger partial charge in [0.15, 0.2) is 24.5 Å². The fourth-order valence-corrected chi connectivity index (χ4v) is 1.28. The zero-order chi connectivity index (χ0) is 22.4. The van der Waals surface area contributed by atoms with Crippen LogP contribution >= 0.6 is 0 Å². The first-order chi connectivity index (χ1) is 12.7. The summed E-state index contributed by atoms with van der Waals surface area (Å²) in [6, 6.07) is 15.1. The van der Waals surface area contributed by atoms with E-state index in [2.05, 4.69) is 12.1 Å². The van der Waals surface area contributed by atoms with Crippen molar-refractivity contribution in [3.05, 3.63) is 60.2 Å². The van der Waals surface area contributed by atoms with Gasteiger partial charge in [0.2, 0.25) is 0 Å². The first-order valence-corrected chi connectivity index (χ1v) is 7.13. The molecular formula is C14H14B2F8N4. The molecule has 2 rings (SSSR count). The van der Waals surface area contributed by atoms with Crippen molar-refractivity contribution in [3.63, 3.8) is 0 Å². The Bertz CT molecular complexity index is 718. The van der Waals surface area contributed by atoms with Gasteiger partial charge >= 0.3 is 14.5 Å². The molecule has 152 valence electrons. The first-order valence-electron chi connectivity index (χ1n) is 7.13. The summed E-state index contributed by atoms with van der Waals surface area (Å²) in [6.45, 7) is 0. The van der Waals surface area contributed by atoms with Gasteiger partial charge in [-0.25, -0.2) is 0 Å². The summed E-state index contributed by atoms with van der Waals surface area (Å²) in [4.78, 5) is 0. The van der Waals surface area contributed by atoms with E-state index in [-0.39, 0.29) is 0 Å². The maximum absolute atomic E-state index is 9.75. The van der Waals surface area contributed by atoms with Crippen molar-refractivity contribution in [2.45, 2.75) is 0 Å². The van der Waals surface area contributed by atoms with E-state index in [0.717, 1.165) is 0 Å². The Morgan fingerprint density at radius 2 is 0.893 bits per heavy atom. The molecule has 0 aliphatic heterocycles. The molecule has 0 saturated heterocycles. The maximum Gasteiger partial charge on any atom is 0.673 e. The molecule has 0 spiro atoms. The van der Waals surface area contributed by atoms with Crippen LogP contribution in [-0.4, -0.2) is 14.5 Å². The van der Waals surface area contributed by atoms with E-state index in [1.165, 1.54) is 0 Å². The van der Waals surface area contributed by atoms with Gasteiger partial charge in [-0.3, -0.25) is 0 Å². The molecule has 4 nitrogen and oxygen atoms in total. The van der Waals surface area contributed by atoms with Gasteiger partial charge in [0, 0.05) is 24.3 Å². The largest absolute Gasteiger partial charge is 0.673 e. The number of hydrogen-bond donors (Lipinski definition) is 0. The van der Waals surface area contributed by atoms with Crippen molar-refractivity contribution in [3.8, 4) is 12.1 Å². The van der Waals surface area contributed by atoms with Crippen molar-refractivity contribution >= 4 is 14.5 Å². The SMILES string of the molecule is C[n+]1ccccc1C#N.C[n+]1ccccc1C#N.F[B-](F)(F)F.F[B-](F)(F)F. The Kier molecular flexibility index (Phi) is 12.7. The monoisotopic (exact) mass is 412 g/mol. The van der Waals surface area contributed by atoms with Crippen LogP contribution in [0.25, 0.3) is 0 Å². The average molecular weight is 412 g/mol. The zero-order valence-corrected chi connectivity index (χ0v) is 14.6. The smallest absolute Gasteiger partial charge is 0.418 e. The summed E-state index contributed by atoms with van der Waals surface area (Å²) in [6.07, 6.45) is 3.69. The van der Waals surface area contributed by atoms with E-state index in [1.807, 2.05) is 50.8 Å². The molecule has 2 heterocycles. The maximum atomic E-state index is 9.75. The fraction of sp³-hybridized carbons (Fsp3) is 0.143. The summed E-state index contributed by atoms with van der Waals surface area (Å²) in [5.41, 5.74) is 1.36. The molecule has 0 fully saturated rings. The van der Waals surface area contributed by atoms with Gasteiger partial charge in [0.1, 0.15) is 14.1 Å². The molecule has 0 radical (unpaired) electrons. The van der Waals surface area contributed by atoms with Crippen LogP contribution in [0.3, 0.4) is 0 Å². The van der Waals surface area contributed by atoms with Crippen molar-refractivity contribution < 1.29 is 43.7 Å². The number of halogens is 8. The summed E-state index contributed by atoms with van der Waals surface area (Å²) in [5.74, 6) is 0. The van der Waals surface area contributed by atoms with Crippen LogP contribution in [0.1, 0.15) is 11.4 Å². The third-order valence-electron chi connectivity index (χ3n) is 2.34. The van der Waals surface area contributed by atoms with Crippen molar-refractivity contribution in [2.75, 3.05) is 0 Å². The molecule has 14 heteroatoms. The first kappa shape index (κ1) is 27.1. The second-order valence-corrected chi connectivity index (χ2v) is 4.61. The van der Waals surface area contributed by atoms with Crippen LogP contribution in [-0.2, 0) is 14.1 Å². The molecular weight excluding hydrogens is 398 g/mol. The van der Waals surface area contributed by atoms with Gasteiger partial charge in [-0.05, 0) is 12.1 Å². The molecule has 0 saturated carbocycles. The number of aromatic nitrogens is 2. The summed E-state index contributed by atoms with van der Waals surface area (Å²) < 4.78 is 81.6. The highest BCUT2D eigenvalue weighted by Gasteiger charge is 2.21. The minimum absolute atomic E-state index is 0.678. The summed E-state index contributed by atoms with van der Waals surface area (Å²) in [5, 5.41) is 16.9. The van der Waals surface area contributed by atoms with Gasteiger partial charge in [-0.2, -0.15) is 19.7 Å². The Hall–Kier alpha value is -3.15. The van der Waals surface area contributed by atoms with E-state index >= 15 is 0 Å². The lowest BCUT2D eigenvalue weighted by Gasteiger charge is -1.94. The summed E-state index contributed by atoms with van der Waals surface area (Å²) >= 11 is 0. The predicted molar refractivity (Wildman–Crippen MR) is 85.0 cm³/mol. The number of aryl methyl sites for hydroxylation is 2. The van der Waals surface area contributed by atoms with Crippen molar-refractivity contribution in [1.82, 2.24) is 0 Å². The number of nitriles is 2. The lowest BCUT2D eigenvalue weighted by Crippen LogP contribution is -2.30. The summed E-state index contributed by atoms with van der Waals surface area (Å²) in [7, 11) is -8.31. The highest BCUT2D eigenvalue weighted by molar-refractivity contribution is 6.50. The molecule has 0 unspecified atom stereocenters. The molecule has 0 amide bonds. The second kappa shape index (κ2) is 13.1. The second-order valence-electron chi connectivity index (χ2n) is 4.61. The van der Waals surface area contributed by atoms with E-state index in [4.69, 9.17) is 10.5 Å². The van der Waals surface area contributed by atoms with Gasteiger partial charge in [0.05, 0.1) is 0 Å². The van der Waals surface area contributed by atoms with E-state index in [0.29, 0.717) is 11.4 Å². The molecule has 28 heavy (non-hydrogen) atoms. The molecule has 0 bridgehead atoms. The van der Waals surface area contributed by atoms with Gasteiger partial charge in [-0.15, -0.1) is 0 Å². The van der Waals surface area contributed by atoms with Gasteiger partial charge in [-0.1, -0.05) is 0 Å². The third-order valence-corrected chi connectivity index (χ3v) is 2.34. The van der Waals surface area contributed by atoms with Crippen LogP contribution in [0.4, 0.5) is 34.5 Å². The fourth-order valence-electron chi connectivity index (χ4n) is 1.28. The van der Waals surface area contributed by atoms with Crippen molar-refractivity contribution in [2.24, 2.45) is 14.1 Å². The van der Waals surface area contributed by atoms with E-state index in [9.17, 15) is 34.5 Å². The lowest BCUT2D eigenvalue weighted by atomic mass is 10.3. The van der Waals surface area contributed by atoms with E-state index in [1.54, 1.807) is 21.3 Å².